The van der Waals surface area contributed by atoms with Crippen LogP contribution in [0.25, 0.3) is 0 Å². The monoisotopic (exact) mass is 261 g/mol. The Labute approximate surface area is 98.3 Å². The van der Waals surface area contributed by atoms with Gasteiger partial charge in [-0.15, -0.1) is 0 Å². The molecule has 7 heteroatoms. The van der Waals surface area contributed by atoms with Crippen LogP contribution in [0.1, 0.15) is 24.2 Å². The molecule has 0 aliphatic rings. The molecule has 94 valence electrons. The fraction of sp³-hybridized carbons (Fsp3) is 0.300. The van der Waals surface area contributed by atoms with Crippen LogP contribution in [0.15, 0.2) is 18.2 Å². The zero-order chi connectivity index (χ0) is 13.2. The van der Waals surface area contributed by atoms with Gasteiger partial charge in [0.05, 0.1) is 16.5 Å². The molecule has 5 nitrogen and oxygen atoms in total. The molecule has 0 amide bonds. The number of anilines is 1. The van der Waals surface area contributed by atoms with E-state index in [1.165, 1.54) is 19.9 Å². The lowest BCUT2D eigenvalue weighted by Gasteiger charge is -2.13. The maximum atomic E-state index is 13.4. The first-order chi connectivity index (χ1) is 7.75. The van der Waals surface area contributed by atoms with Crippen molar-refractivity contribution in [3.05, 3.63) is 29.6 Å². The molecule has 0 saturated heterocycles. The molecule has 0 aliphatic carbocycles. The Kier molecular flexibility index (Phi) is 3.72. The van der Waals surface area contributed by atoms with Crippen molar-refractivity contribution in [3.8, 4) is 0 Å². The molecule has 0 spiro atoms. The van der Waals surface area contributed by atoms with E-state index in [0.29, 0.717) is 0 Å². The van der Waals surface area contributed by atoms with E-state index < -0.39 is 38.3 Å². The van der Waals surface area contributed by atoms with Gasteiger partial charge in [-0.2, -0.15) is 0 Å². The van der Waals surface area contributed by atoms with E-state index in [1.54, 1.807) is 0 Å². The summed E-state index contributed by atoms with van der Waals surface area (Å²) < 4.78 is 38.5. The minimum atomic E-state index is -3.78. The highest BCUT2D eigenvalue weighted by Gasteiger charge is 2.22. The Balaban J connectivity index is 3.28. The summed E-state index contributed by atoms with van der Waals surface area (Å²) in [7, 11) is -3.78. The zero-order valence-electron chi connectivity index (χ0n) is 9.27. The molecule has 0 aliphatic heterocycles. The summed E-state index contributed by atoms with van der Waals surface area (Å²) in [5, 5.41) is 8.04. The van der Waals surface area contributed by atoms with Gasteiger partial charge >= 0.3 is 5.97 Å². The SMILES string of the molecule is CC(C)S(=O)(=O)Nc1c(F)cccc1C(=O)O. The van der Waals surface area contributed by atoms with Crippen LogP contribution in [-0.4, -0.2) is 24.7 Å². The number of rotatable bonds is 4. The van der Waals surface area contributed by atoms with Crippen LogP contribution in [0.5, 0.6) is 0 Å². The standard InChI is InChI=1S/C10H12FNO4S/c1-6(2)17(15,16)12-9-7(10(13)14)4-3-5-8(9)11/h3-6,12H,1-2H3,(H,13,14). The Morgan fingerprint density at radius 1 is 1.41 bits per heavy atom. The topological polar surface area (TPSA) is 83.5 Å². The summed E-state index contributed by atoms with van der Waals surface area (Å²) >= 11 is 0. The predicted octanol–water partition coefficient (Wildman–Crippen LogP) is 1.67. The van der Waals surface area contributed by atoms with Crippen LogP contribution in [0.3, 0.4) is 0 Å². The van der Waals surface area contributed by atoms with E-state index in [1.807, 2.05) is 4.72 Å². The average molecular weight is 261 g/mol. The molecule has 0 aromatic heterocycles. The molecule has 2 N–H and O–H groups in total. The maximum Gasteiger partial charge on any atom is 0.337 e. The third-order valence-corrected chi connectivity index (χ3v) is 3.84. The highest BCUT2D eigenvalue weighted by atomic mass is 32.2. The van der Waals surface area contributed by atoms with Crippen molar-refractivity contribution in [3.63, 3.8) is 0 Å². The van der Waals surface area contributed by atoms with Gasteiger partial charge in [-0.1, -0.05) is 6.07 Å². The number of hydrogen-bond donors (Lipinski definition) is 2. The first kappa shape index (κ1) is 13.4. The second-order valence-corrected chi connectivity index (χ2v) is 5.90. The average Bonchev–Trinajstić information content (AvgIpc) is 2.20. The Morgan fingerprint density at radius 3 is 2.47 bits per heavy atom. The molecular formula is C10H12FNO4S. The smallest absolute Gasteiger partial charge is 0.337 e. The predicted molar refractivity (Wildman–Crippen MR) is 61.0 cm³/mol. The van der Waals surface area contributed by atoms with Crippen molar-refractivity contribution in [1.29, 1.82) is 0 Å². The summed E-state index contributed by atoms with van der Waals surface area (Å²) in [6.45, 7) is 2.81. The number of para-hydroxylation sites is 1. The summed E-state index contributed by atoms with van der Waals surface area (Å²) in [5.74, 6) is -2.32. The van der Waals surface area contributed by atoms with Crippen LogP contribution >= 0.6 is 0 Å². The van der Waals surface area contributed by atoms with Gasteiger partial charge in [0.2, 0.25) is 10.0 Å². The third-order valence-electron chi connectivity index (χ3n) is 2.11. The lowest BCUT2D eigenvalue weighted by Crippen LogP contribution is -2.24. The normalized spacial score (nSPS) is 11.5. The molecule has 0 atom stereocenters. The first-order valence-corrected chi connectivity index (χ1v) is 6.33. The van der Waals surface area contributed by atoms with Crippen molar-refractivity contribution < 1.29 is 22.7 Å². The summed E-state index contributed by atoms with van der Waals surface area (Å²) in [6, 6.07) is 3.32. The third kappa shape index (κ3) is 2.94. The van der Waals surface area contributed by atoms with Crippen LogP contribution in [0, 0.1) is 5.82 Å². The number of carbonyl (C=O) groups is 1. The van der Waals surface area contributed by atoms with Gasteiger partial charge in [0.1, 0.15) is 5.82 Å². The number of nitrogens with one attached hydrogen (secondary N) is 1. The van der Waals surface area contributed by atoms with Gasteiger partial charge in [0, 0.05) is 0 Å². The highest BCUT2D eigenvalue weighted by molar-refractivity contribution is 7.93. The van der Waals surface area contributed by atoms with Gasteiger partial charge in [0.15, 0.2) is 0 Å². The van der Waals surface area contributed by atoms with E-state index in [0.717, 1.165) is 12.1 Å². The number of carboxylic acids is 1. The highest BCUT2D eigenvalue weighted by Crippen LogP contribution is 2.22. The Morgan fingerprint density at radius 2 is 2.00 bits per heavy atom. The van der Waals surface area contributed by atoms with Crippen molar-refractivity contribution >= 4 is 21.7 Å². The molecule has 0 radical (unpaired) electrons. The number of halogens is 1. The zero-order valence-corrected chi connectivity index (χ0v) is 10.1. The quantitative estimate of drug-likeness (QED) is 0.863. The van der Waals surface area contributed by atoms with Crippen LogP contribution in [0.4, 0.5) is 10.1 Å². The molecule has 0 unspecified atom stereocenters. The van der Waals surface area contributed by atoms with Gasteiger partial charge < -0.3 is 5.11 Å². The van der Waals surface area contributed by atoms with E-state index >= 15 is 0 Å². The first-order valence-electron chi connectivity index (χ1n) is 4.79. The molecular weight excluding hydrogens is 249 g/mol. The molecule has 1 aromatic rings. The van der Waals surface area contributed by atoms with E-state index in [4.69, 9.17) is 5.11 Å². The van der Waals surface area contributed by atoms with Crippen molar-refractivity contribution in [2.75, 3.05) is 4.72 Å². The lowest BCUT2D eigenvalue weighted by atomic mass is 10.2. The number of aromatic carboxylic acids is 1. The number of carboxylic acid groups (broad SMARTS) is 1. The second-order valence-electron chi connectivity index (χ2n) is 3.66. The van der Waals surface area contributed by atoms with Crippen LogP contribution in [-0.2, 0) is 10.0 Å². The fourth-order valence-electron chi connectivity index (χ4n) is 1.07. The molecule has 0 heterocycles. The van der Waals surface area contributed by atoms with Crippen molar-refractivity contribution in [2.45, 2.75) is 19.1 Å². The summed E-state index contributed by atoms with van der Waals surface area (Å²) in [4.78, 5) is 10.8. The molecule has 0 bridgehead atoms. The van der Waals surface area contributed by atoms with E-state index in [-0.39, 0.29) is 0 Å². The molecule has 17 heavy (non-hydrogen) atoms. The van der Waals surface area contributed by atoms with Crippen molar-refractivity contribution in [1.82, 2.24) is 0 Å². The van der Waals surface area contributed by atoms with Gasteiger partial charge in [-0.3, -0.25) is 4.72 Å². The largest absolute Gasteiger partial charge is 0.478 e. The minimum absolute atomic E-state index is 0.422. The number of hydrogen-bond acceptors (Lipinski definition) is 3. The summed E-state index contributed by atoms with van der Waals surface area (Å²) in [6.07, 6.45) is 0. The van der Waals surface area contributed by atoms with Gasteiger partial charge in [-0.05, 0) is 26.0 Å². The molecule has 0 fully saturated rings. The minimum Gasteiger partial charge on any atom is -0.478 e. The van der Waals surface area contributed by atoms with Gasteiger partial charge in [0.25, 0.3) is 0 Å². The van der Waals surface area contributed by atoms with E-state index in [9.17, 15) is 17.6 Å². The maximum absolute atomic E-state index is 13.4. The summed E-state index contributed by atoms with van der Waals surface area (Å²) in [5.41, 5.74) is -0.956. The van der Waals surface area contributed by atoms with Crippen LogP contribution < -0.4 is 4.72 Å². The fourth-order valence-corrected chi connectivity index (χ4v) is 1.79. The van der Waals surface area contributed by atoms with E-state index in [2.05, 4.69) is 0 Å². The number of sulfonamides is 1. The molecule has 0 saturated carbocycles. The molecule has 1 aromatic carbocycles. The van der Waals surface area contributed by atoms with Crippen molar-refractivity contribution in [2.24, 2.45) is 0 Å². The Bertz CT molecular complexity index is 539. The Hall–Kier alpha value is -1.63. The lowest BCUT2D eigenvalue weighted by molar-refractivity contribution is 0.0697. The van der Waals surface area contributed by atoms with Crippen LogP contribution in [0.2, 0.25) is 0 Å². The number of benzene rings is 1. The second kappa shape index (κ2) is 4.70. The molecule has 1 rings (SSSR count). The van der Waals surface area contributed by atoms with Gasteiger partial charge in [-0.25, -0.2) is 17.6 Å².